The molecule has 1 aliphatic heterocycles. The van der Waals surface area contributed by atoms with Gasteiger partial charge in [-0.05, 0) is 23.8 Å². The van der Waals surface area contributed by atoms with Gasteiger partial charge in [0.05, 0.1) is 19.4 Å². The number of hydrazone groups is 1. The number of aliphatic imine (C=N–C) groups is 1. The van der Waals surface area contributed by atoms with Gasteiger partial charge in [-0.15, -0.1) is 0 Å². The van der Waals surface area contributed by atoms with E-state index in [0.717, 1.165) is 39.0 Å². The van der Waals surface area contributed by atoms with Crippen LogP contribution >= 0.6 is 11.8 Å². The van der Waals surface area contributed by atoms with Crippen LogP contribution in [0.3, 0.4) is 0 Å². The number of benzene rings is 2. The fourth-order valence-corrected chi connectivity index (χ4v) is 3.50. The van der Waals surface area contributed by atoms with Gasteiger partial charge in [-0.1, -0.05) is 42.1 Å². The third-order valence-electron chi connectivity index (χ3n) is 4.10. The van der Waals surface area contributed by atoms with Crippen LogP contribution < -0.4 is 10.2 Å². The number of aromatic amines is 1. The molecule has 2 aromatic carbocycles. The minimum Gasteiger partial charge on any atom is -0.497 e. The Morgan fingerprint density at radius 2 is 2.00 bits per heavy atom. The summed E-state index contributed by atoms with van der Waals surface area (Å²) in [5, 5.41) is 6.56. The Hall–Kier alpha value is -2.73. The zero-order chi connectivity index (χ0) is 17.1. The second-order valence-corrected chi connectivity index (χ2v) is 6.64. The number of para-hydroxylation sites is 1. The summed E-state index contributed by atoms with van der Waals surface area (Å²) in [6, 6.07) is 16.2. The van der Waals surface area contributed by atoms with Gasteiger partial charge in [0.25, 0.3) is 0 Å². The molecule has 4 rings (SSSR count). The van der Waals surface area contributed by atoms with E-state index >= 15 is 0 Å². The molecule has 25 heavy (non-hydrogen) atoms. The first-order valence-electron chi connectivity index (χ1n) is 8.03. The summed E-state index contributed by atoms with van der Waals surface area (Å²) < 4.78 is 5.17. The predicted molar refractivity (Wildman–Crippen MR) is 105 cm³/mol. The number of nitrogens with zero attached hydrogens (tertiary/aromatic N) is 2. The van der Waals surface area contributed by atoms with Crippen molar-refractivity contribution >= 4 is 33.5 Å². The number of rotatable bonds is 4. The third-order valence-corrected chi connectivity index (χ3v) is 5.01. The second kappa shape index (κ2) is 7.03. The molecule has 3 aromatic rings. The summed E-state index contributed by atoms with van der Waals surface area (Å²) in [5.41, 5.74) is 7.52. The Morgan fingerprint density at radius 1 is 1.16 bits per heavy atom. The fraction of sp³-hybridized carbons (Fsp3) is 0.158. The van der Waals surface area contributed by atoms with Gasteiger partial charge in [-0.25, -0.2) is 0 Å². The molecule has 0 saturated heterocycles. The molecule has 1 aliphatic rings. The number of aromatic nitrogens is 1. The lowest BCUT2D eigenvalue weighted by Crippen LogP contribution is -2.25. The average molecular weight is 350 g/mol. The number of fused-ring (bicyclic) bond motifs is 1. The van der Waals surface area contributed by atoms with Crippen molar-refractivity contribution in [2.24, 2.45) is 10.1 Å². The Bertz CT molecular complexity index is 943. The van der Waals surface area contributed by atoms with Crippen LogP contribution in [0.15, 0.2) is 64.8 Å². The molecule has 0 fully saturated rings. The van der Waals surface area contributed by atoms with Gasteiger partial charge in [0.1, 0.15) is 5.75 Å². The van der Waals surface area contributed by atoms with Crippen molar-refractivity contribution in [1.29, 1.82) is 0 Å². The standard InChI is InChI=1S/C19H18N4OS/c1-24-14-8-6-13(7-9-14)10-21-19-23-22-18(12-25-19)16-11-20-17-5-3-2-4-15(16)17/h2-9,11,20H,10,12H2,1H3,(H,21,23). The van der Waals surface area contributed by atoms with E-state index in [0.29, 0.717) is 6.54 Å². The van der Waals surface area contributed by atoms with Gasteiger partial charge < -0.3 is 9.72 Å². The lowest BCUT2D eigenvalue weighted by atomic mass is 10.1. The molecule has 0 aliphatic carbocycles. The van der Waals surface area contributed by atoms with Crippen LogP contribution in [0.4, 0.5) is 0 Å². The van der Waals surface area contributed by atoms with E-state index in [4.69, 9.17) is 4.74 Å². The summed E-state index contributed by atoms with van der Waals surface area (Å²) in [7, 11) is 1.67. The molecule has 0 saturated carbocycles. The molecular weight excluding hydrogens is 332 g/mol. The molecule has 126 valence electrons. The summed E-state index contributed by atoms with van der Waals surface area (Å²) in [6.07, 6.45) is 2.02. The first kappa shape index (κ1) is 15.8. The van der Waals surface area contributed by atoms with Gasteiger partial charge in [0, 0.05) is 28.4 Å². The maximum Gasteiger partial charge on any atom is 0.177 e. The van der Waals surface area contributed by atoms with Crippen molar-refractivity contribution in [3.05, 3.63) is 65.9 Å². The topological polar surface area (TPSA) is 61.8 Å². The highest BCUT2D eigenvalue weighted by Crippen LogP contribution is 2.22. The number of amidine groups is 1. The number of hydrogen-bond acceptors (Lipinski definition) is 4. The summed E-state index contributed by atoms with van der Waals surface area (Å²) in [5.74, 6) is 1.66. The minimum atomic E-state index is 0.622. The smallest absolute Gasteiger partial charge is 0.177 e. The maximum atomic E-state index is 5.17. The molecule has 0 unspecified atom stereocenters. The van der Waals surface area contributed by atoms with Crippen LogP contribution in [0.25, 0.3) is 10.9 Å². The van der Waals surface area contributed by atoms with Crippen molar-refractivity contribution in [2.45, 2.75) is 6.54 Å². The zero-order valence-corrected chi connectivity index (χ0v) is 14.6. The zero-order valence-electron chi connectivity index (χ0n) is 13.8. The van der Waals surface area contributed by atoms with Crippen LogP contribution in [-0.4, -0.2) is 28.7 Å². The Morgan fingerprint density at radius 3 is 2.76 bits per heavy atom. The number of H-pyrrole nitrogens is 1. The third kappa shape index (κ3) is 3.39. The van der Waals surface area contributed by atoms with Gasteiger partial charge in [0.15, 0.2) is 5.17 Å². The normalized spacial score (nSPS) is 15.9. The number of nitrogens with one attached hydrogen (secondary N) is 2. The highest BCUT2D eigenvalue weighted by Gasteiger charge is 2.16. The average Bonchev–Trinajstić information content (AvgIpc) is 3.11. The monoisotopic (exact) mass is 350 g/mol. The molecule has 0 spiro atoms. The summed E-state index contributed by atoms with van der Waals surface area (Å²) in [6.45, 7) is 0.622. The van der Waals surface area contributed by atoms with E-state index in [9.17, 15) is 0 Å². The molecule has 5 nitrogen and oxygen atoms in total. The molecule has 2 heterocycles. The quantitative estimate of drug-likeness (QED) is 0.753. The summed E-state index contributed by atoms with van der Waals surface area (Å²) in [4.78, 5) is 7.89. The highest BCUT2D eigenvalue weighted by atomic mass is 32.2. The van der Waals surface area contributed by atoms with Crippen LogP contribution in [0.2, 0.25) is 0 Å². The molecule has 0 amide bonds. The number of hydrogen-bond donors (Lipinski definition) is 2. The van der Waals surface area contributed by atoms with E-state index in [1.807, 2.05) is 42.6 Å². The van der Waals surface area contributed by atoms with Crippen molar-refractivity contribution in [3.8, 4) is 5.75 Å². The number of methoxy groups -OCH3 is 1. The SMILES string of the molecule is COc1ccc(CN=C2NN=C(c3c[nH]c4ccccc34)CS2)cc1. The second-order valence-electron chi connectivity index (χ2n) is 5.68. The van der Waals surface area contributed by atoms with Gasteiger partial charge in [-0.3, -0.25) is 10.4 Å². The number of ether oxygens (including phenoxy) is 1. The van der Waals surface area contributed by atoms with E-state index in [2.05, 4.69) is 32.6 Å². The first-order valence-corrected chi connectivity index (χ1v) is 9.01. The van der Waals surface area contributed by atoms with E-state index in [-0.39, 0.29) is 0 Å². The van der Waals surface area contributed by atoms with Crippen LogP contribution in [0.1, 0.15) is 11.1 Å². The van der Waals surface area contributed by atoms with Crippen molar-refractivity contribution in [1.82, 2.24) is 10.4 Å². The lowest BCUT2D eigenvalue weighted by molar-refractivity contribution is 0.414. The fourth-order valence-electron chi connectivity index (χ4n) is 2.74. The Balaban J connectivity index is 1.46. The number of thioether (sulfide) groups is 1. The molecule has 0 atom stereocenters. The first-order chi connectivity index (χ1) is 12.3. The van der Waals surface area contributed by atoms with E-state index in [1.54, 1.807) is 18.9 Å². The van der Waals surface area contributed by atoms with Gasteiger partial charge in [0.2, 0.25) is 0 Å². The minimum absolute atomic E-state index is 0.622. The summed E-state index contributed by atoms with van der Waals surface area (Å²) >= 11 is 1.67. The lowest BCUT2D eigenvalue weighted by Gasteiger charge is -2.14. The molecule has 6 heteroatoms. The molecule has 1 aromatic heterocycles. The maximum absolute atomic E-state index is 5.17. The van der Waals surface area contributed by atoms with E-state index < -0.39 is 0 Å². The van der Waals surface area contributed by atoms with Crippen molar-refractivity contribution < 1.29 is 4.74 Å². The van der Waals surface area contributed by atoms with Crippen molar-refractivity contribution in [3.63, 3.8) is 0 Å². The van der Waals surface area contributed by atoms with Gasteiger partial charge in [-0.2, -0.15) is 5.10 Å². The molecule has 0 radical (unpaired) electrons. The Kier molecular flexibility index (Phi) is 4.43. The molecule has 0 bridgehead atoms. The molecular formula is C19H18N4OS. The van der Waals surface area contributed by atoms with E-state index in [1.165, 1.54) is 5.39 Å². The Labute approximate surface area is 150 Å². The highest BCUT2D eigenvalue weighted by molar-refractivity contribution is 8.14. The largest absolute Gasteiger partial charge is 0.497 e. The molecule has 2 N–H and O–H groups in total. The predicted octanol–water partition coefficient (Wildman–Crippen LogP) is 3.77. The van der Waals surface area contributed by atoms with Crippen LogP contribution in [-0.2, 0) is 6.54 Å². The van der Waals surface area contributed by atoms with Gasteiger partial charge >= 0.3 is 0 Å². The van der Waals surface area contributed by atoms with Crippen LogP contribution in [0.5, 0.6) is 5.75 Å². The van der Waals surface area contributed by atoms with Crippen LogP contribution in [0, 0.1) is 0 Å². The van der Waals surface area contributed by atoms with Crippen molar-refractivity contribution in [2.75, 3.05) is 12.9 Å².